The number of rotatable bonds is 2. The normalized spacial score (nSPS) is 10.2. The first-order chi connectivity index (χ1) is 8.58. The number of hydrogen-bond acceptors (Lipinski definition) is 3. The third-order valence-corrected chi connectivity index (χ3v) is 3.06. The largest absolute Gasteiger partial charge is 0.320 e. The van der Waals surface area contributed by atoms with Crippen molar-refractivity contribution in [3.8, 4) is 0 Å². The number of carbonyl (C=O) groups is 1. The van der Waals surface area contributed by atoms with Gasteiger partial charge in [-0.2, -0.15) is 0 Å². The highest BCUT2D eigenvalue weighted by Gasteiger charge is 2.12. The molecule has 0 unspecified atom stereocenters. The van der Waals surface area contributed by atoms with Crippen molar-refractivity contribution in [1.82, 2.24) is 4.98 Å². The summed E-state index contributed by atoms with van der Waals surface area (Å²) in [6.07, 6.45) is 1.67. The predicted octanol–water partition coefficient (Wildman–Crippen LogP) is 3.58. The zero-order valence-corrected chi connectivity index (χ0v) is 11.3. The molecule has 0 saturated carbocycles. The number of halogens is 1. The molecular formula is C13H11ClN2OS. The highest BCUT2D eigenvalue weighted by atomic mass is 35.5. The minimum absolute atomic E-state index is 0.271. The zero-order valence-electron chi connectivity index (χ0n) is 9.64. The number of pyridine rings is 1. The van der Waals surface area contributed by atoms with E-state index in [0.29, 0.717) is 21.2 Å². The molecule has 1 N–H and O–H groups in total. The van der Waals surface area contributed by atoms with Crippen LogP contribution in [-0.4, -0.2) is 10.9 Å². The van der Waals surface area contributed by atoms with Gasteiger partial charge in [-0.15, -0.1) is 12.6 Å². The third-order valence-electron chi connectivity index (χ3n) is 2.45. The van der Waals surface area contributed by atoms with Crippen LogP contribution in [0.2, 0.25) is 5.02 Å². The van der Waals surface area contributed by atoms with E-state index in [9.17, 15) is 4.79 Å². The van der Waals surface area contributed by atoms with E-state index in [1.54, 1.807) is 36.5 Å². The number of anilines is 1. The smallest absolute Gasteiger partial charge is 0.257 e. The summed E-state index contributed by atoms with van der Waals surface area (Å²) in [6, 6.07) is 8.57. The first-order valence-electron chi connectivity index (χ1n) is 5.29. The molecular weight excluding hydrogens is 268 g/mol. The molecule has 5 heteroatoms. The van der Waals surface area contributed by atoms with Gasteiger partial charge < -0.3 is 5.32 Å². The van der Waals surface area contributed by atoms with Crippen molar-refractivity contribution < 1.29 is 4.79 Å². The van der Waals surface area contributed by atoms with Crippen LogP contribution in [0, 0.1) is 6.92 Å². The zero-order chi connectivity index (χ0) is 13.1. The van der Waals surface area contributed by atoms with Crippen molar-refractivity contribution >= 4 is 35.8 Å². The Morgan fingerprint density at radius 3 is 2.89 bits per heavy atom. The van der Waals surface area contributed by atoms with Crippen molar-refractivity contribution in [2.45, 2.75) is 11.8 Å². The van der Waals surface area contributed by atoms with Gasteiger partial charge in [-0.3, -0.25) is 9.78 Å². The summed E-state index contributed by atoms with van der Waals surface area (Å²) in [5, 5.41) is 3.17. The molecule has 92 valence electrons. The van der Waals surface area contributed by atoms with Gasteiger partial charge in [0.25, 0.3) is 5.91 Å². The fourth-order valence-corrected chi connectivity index (χ4v) is 1.90. The quantitative estimate of drug-likeness (QED) is 0.825. The highest BCUT2D eigenvalue weighted by molar-refractivity contribution is 7.80. The lowest BCUT2D eigenvalue weighted by Crippen LogP contribution is -2.13. The molecule has 1 heterocycles. The second-order valence-corrected chi connectivity index (χ2v) is 4.68. The summed E-state index contributed by atoms with van der Waals surface area (Å²) in [5.41, 5.74) is 1.82. The SMILES string of the molecule is Cc1ncccc1NC(=O)c1cc(S)ccc1Cl. The third kappa shape index (κ3) is 2.83. The van der Waals surface area contributed by atoms with Gasteiger partial charge in [-0.05, 0) is 37.3 Å². The molecule has 1 aromatic heterocycles. The topological polar surface area (TPSA) is 42.0 Å². The van der Waals surface area contributed by atoms with Crippen LogP contribution in [0.3, 0.4) is 0 Å². The van der Waals surface area contributed by atoms with E-state index in [0.717, 1.165) is 5.69 Å². The number of carbonyl (C=O) groups excluding carboxylic acids is 1. The molecule has 2 aromatic rings. The molecule has 0 spiro atoms. The second kappa shape index (κ2) is 5.42. The van der Waals surface area contributed by atoms with E-state index in [2.05, 4.69) is 22.9 Å². The average molecular weight is 279 g/mol. The fourth-order valence-electron chi connectivity index (χ4n) is 1.49. The number of aromatic nitrogens is 1. The van der Waals surface area contributed by atoms with Gasteiger partial charge >= 0.3 is 0 Å². The Morgan fingerprint density at radius 2 is 2.17 bits per heavy atom. The van der Waals surface area contributed by atoms with Crippen LogP contribution in [0.25, 0.3) is 0 Å². The summed E-state index contributed by atoms with van der Waals surface area (Å²) >= 11 is 10.2. The first kappa shape index (κ1) is 12.9. The Bertz CT molecular complexity index is 601. The molecule has 18 heavy (non-hydrogen) atoms. The van der Waals surface area contributed by atoms with E-state index in [1.165, 1.54) is 0 Å². The number of amides is 1. The average Bonchev–Trinajstić information content (AvgIpc) is 2.35. The highest BCUT2D eigenvalue weighted by Crippen LogP contribution is 2.21. The van der Waals surface area contributed by atoms with Gasteiger partial charge in [0, 0.05) is 11.1 Å². The number of nitrogens with zero attached hydrogens (tertiary/aromatic N) is 1. The molecule has 0 aliphatic rings. The van der Waals surface area contributed by atoms with Gasteiger partial charge in [0.2, 0.25) is 0 Å². The monoisotopic (exact) mass is 278 g/mol. The first-order valence-corrected chi connectivity index (χ1v) is 6.12. The lowest BCUT2D eigenvalue weighted by atomic mass is 10.2. The van der Waals surface area contributed by atoms with Crippen molar-refractivity contribution in [2.24, 2.45) is 0 Å². The van der Waals surface area contributed by atoms with E-state index >= 15 is 0 Å². The van der Waals surface area contributed by atoms with E-state index in [-0.39, 0.29) is 5.91 Å². The number of benzene rings is 1. The summed E-state index contributed by atoms with van der Waals surface area (Å²) < 4.78 is 0. The van der Waals surface area contributed by atoms with E-state index in [1.807, 2.05) is 6.92 Å². The lowest BCUT2D eigenvalue weighted by Gasteiger charge is -2.08. The Labute approximate surface area is 116 Å². The molecule has 0 atom stereocenters. The summed E-state index contributed by atoms with van der Waals surface area (Å²) in [4.78, 5) is 16.9. The molecule has 1 amide bonds. The Hall–Kier alpha value is -1.52. The Balaban J connectivity index is 2.28. The second-order valence-electron chi connectivity index (χ2n) is 3.75. The van der Waals surface area contributed by atoms with Crippen molar-refractivity contribution in [3.05, 3.63) is 52.8 Å². The molecule has 3 nitrogen and oxygen atoms in total. The minimum Gasteiger partial charge on any atom is -0.320 e. The van der Waals surface area contributed by atoms with Gasteiger partial charge in [0.05, 0.1) is 22.0 Å². The van der Waals surface area contributed by atoms with E-state index in [4.69, 9.17) is 11.6 Å². The standard InChI is InChI=1S/C13H11ClN2OS/c1-8-12(3-2-6-15-8)16-13(17)10-7-9(18)4-5-11(10)14/h2-7,18H,1H3,(H,16,17). The number of thiol groups is 1. The molecule has 1 aromatic carbocycles. The molecule has 0 aliphatic carbocycles. The van der Waals surface area contributed by atoms with Crippen LogP contribution in [0.4, 0.5) is 5.69 Å². The lowest BCUT2D eigenvalue weighted by molar-refractivity contribution is 0.102. The van der Waals surface area contributed by atoms with Crippen molar-refractivity contribution in [3.63, 3.8) is 0 Å². The molecule has 2 rings (SSSR count). The van der Waals surface area contributed by atoms with Crippen LogP contribution in [-0.2, 0) is 0 Å². The number of hydrogen-bond donors (Lipinski definition) is 2. The maximum atomic E-state index is 12.1. The molecule has 0 bridgehead atoms. The molecule has 0 aliphatic heterocycles. The minimum atomic E-state index is -0.271. The van der Waals surface area contributed by atoms with Crippen LogP contribution in [0.15, 0.2) is 41.4 Å². The van der Waals surface area contributed by atoms with Gasteiger partial charge in [-0.1, -0.05) is 11.6 Å². The predicted molar refractivity (Wildman–Crippen MR) is 75.6 cm³/mol. The van der Waals surface area contributed by atoms with Crippen molar-refractivity contribution in [1.29, 1.82) is 0 Å². The number of nitrogens with one attached hydrogen (secondary N) is 1. The number of aryl methyl sites for hydroxylation is 1. The Kier molecular flexibility index (Phi) is 3.89. The van der Waals surface area contributed by atoms with Crippen molar-refractivity contribution in [2.75, 3.05) is 5.32 Å². The summed E-state index contributed by atoms with van der Waals surface area (Å²) in [7, 11) is 0. The van der Waals surface area contributed by atoms with Gasteiger partial charge in [-0.25, -0.2) is 0 Å². The molecule has 0 saturated heterocycles. The van der Waals surface area contributed by atoms with E-state index < -0.39 is 0 Å². The van der Waals surface area contributed by atoms with Crippen LogP contribution in [0.1, 0.15) is 16.1 Å². The fraction of sp³-hybridized carbons (Fsp3) is 0.0769. The Morgan fingerprint density at radius 1 is 1.39 bits per heavy atom. The van der Waals surface area contributed by atoms with Crippen LogP contribution >= 0.6 is 24.2 Å². The summed E-state index contributed by atoms with van der Waals surface area (Å²) in [5.74, 6) is -0.271. The molecule has 0 fully saturated rings. The van der Waals surface area contributed by atoms with Gasteiger partial charge in [0.1, 0.15) is 0 Å². The maximum Gasteiger partial charge on any atom is 0.257 e. The maximum absolute atomic E-state index is 12.1. The van der Waals surface area contributed by atoms with Gasteiger partial charge in [0.15, 0.2) is 0 Å². The van der Waals surface area contributed by atoms with Crippen LogP contribution < -0.4 is 5.32 Å². The van der Waals surface area contributed by atoms with Crippen LogP contribution in [0.5, 0.6) is 0 Å². The molecule has 0 radical (unpaired) electrons. The summed E-state index contributed by atoms with van der Waals surface area (Å²) in [6.45, 7) is 1.83.